The van der Waals surface area contributed by atoms with Gasteiger partial charge >= 0.3 is 0 Å². The van der Waals surface area contributed by atoms with Crippen LogP contribution in [0.4, 0.5) is 5.95 Å². The van der Waals surface area contributed by atoms with Crippen LogP contribution in [-0.2, 0) is 6.54 Å². The van der Waals surface area contributed by atoms with Gasteiger partial charge in [-0.1, -0.05) is 30.3 Å². The van der Waals surface area contributed by atoms with E-state index in [9.17, 15) is 0 Å². The second kappa shape index (κ2) is 7.97. The molecule has 0 saturated carbocycles. The molecule has 4 aromatic rings. The van der Waals surface area contributed by atoms with E-state index < -0.39 is 0 Å². The van der Waals surface area contributed by atoms with E-state index in [0.29, 0.717) is 12.0 Å². The first-order chi connectivity index (χ1) is 14.3. The molecule has 0 aliphatic carbocycles. The van der Waals surface area contributed by atoms with Crippen molar-refractivity contribution in [1.82, 2.24) is 29.5 Å². The van der Waals surface area contributed by atoms with Gasteiger partial charge in [-0.3, -0.25) is 4.90 Å². The zero-order valence-corrected chi connectivity index (χ0v) is 16.1. The maximum absolute atomic E-state index is 4.70. The molecule has 1 N–H and O–H groups in total. The maximum Gasteiger partial charge on any atom is 0.222 e. The number of likely N-dealkylation sites (tertiary alicyclic amines) is 1. The average Bonchev–Trinajstić information content (AvgIpc) is 3.20. The van der Waals surface area contributed by atoms with Crippen molar-refractivity contribution in [3.05, 3.63) is 72.9 Å². The SMILES string of the molecule is c1ccc(-c2cnn3cc(CN4CCC(Nc5ncccn5)CC4)cnc23)cc1. The van der Waals surface area contributed by atoms with Crippen LogP contribution < -0.4 is 5.32 Å². The lowest BCUT2D eigenvalue weighted by Gasteiger charge is -2.32. The fourth-order valence-corrected chi connectivity index (χ4v) is 3.87. The number of nitrogens with zero attached hydrogens (tertiary/aromatic N) is 6. The molecule has 0 spiro atoms. The van der Waals surface area contributed by atoms with Gasteiger partial charge in [0.2, 0.25) is 5.95 Å². The Morgan fingerprint density at radius 1 is 0.931 bits per heavy atom. The highest BCUT2D eigenvalue weighted by Gasteiger charge is 2.20. The molecule has 0 radical (unpaired) electrons. The van der Waals surface area contributed by atoms with E-state index in [1.54, 1.807) is 12.4 Å². The van der Waals surface area contributed by atoms with E-state index in [-0.39, 0.29) is 0 Å². The minimum absolute atomic E-state index is 0.425. The van der Waals surface area contributed by atoms with Crippen molar-refractivity contribution in [3.63, 3.8) is 0 Å². The Hall–Kier alpha value is -3.32. The number of aromatic nitrogens is 5. The molecule has 1 aromatic carbocycles. The lowest BCUT2D eigenvalue weighted by molar-refractivity contribution is 0.210. The van der Waals surface area contributed by atoms with Crippen molar-refractivity contribution < 1.29 is 0 Å². The minimum atomic E-state index is 0.425. The summed E-state index contributed by atoms with van der Waals surface area (Å²) in [6, 6.07) is 12.5. The van der Waals surface area contributed by atoms with Crippen LogP contribution in [0.25, 0.3) is 16.8 Å². The van der Waals surface area contributed by atoms with Crippen LogP contribution in [0.5, 0.6) is 0 Å². The van der Waals surface area contributed by atoms with Crippen LogP contribution >= 0.6 is 0 Å². The normalized spacial score (nSPS) is 15.6. The van der Waals surface area contributed by atoms with Crippen LogP contribution in [-0.4, -0.2) is 48.6 Å². The van der Waals surface area contributed by atoms with Crippen molar-refractivity contribution in [2.75, 3.05) is 18.4 Å². The third-order valence-electron chi connectivity index (χ3n) is 5.39. The number of hydrogen-bond donors (Lipinski definition) is 1. The highest BCUT2D eigenvalue weighted by atomic mass is 15.2. The summed E-state index contributed by atoms with van der Waals surface area (Å²) in [5.41, 5.74) is 4.27. The lowest BCUT2D eigenvalue weighted by atomic mass is 10.0. The maximum atomic E-state index is 4.70. The Morgan fingerprint density at radius 2 is 1.72 bits per heavy atom. The van der Waals surface area contributed by atoms with Gasteiger partial charge in [-0.2, -0.15) is 5.10 Å². The molecule has 3 aromatic heterocycles. The third-order valence-corrected chi connectivity index (χ3v) is 5.39. The molecule has 4 heterocycles. The highest BCUT2D eigenvalue weighted by molar-refractivity contribution is 5.76. The average molecular weight is 385 g/mol. The Labute approximate surface area is 169 Å². The Bertz CT molecular complexity index is 1070. The summed E-state index contributed by atoms with van der Waals surface area (Å²) >= 11 is 0. The molecule has 0 amide bonds. The van der Waals surface area contributed by atoms with Crippen LogP contribution in [0.3, 0.4) is 0 Å². The first-order valence-corrected chi connectivity index (χ1v) is 9.99. The molecule has 1 saturated heterocycles. The zero-order chi connectivity index (χ0) is 19.5. The van der Waals surface area contributed by atoms with Crippen molar-refractivity contribution in [3.8, 4) is 11.1 Å². The van der Waals surface area contributed by atoms with Gasteiger partial charge in [-0.25, -0.2) is 19.5 Å². The van der Waals surface area contributed by atoms with Gasteiger partial charge in [0.15, 0.2) is 5.65 Å². The summed E-state index contributed by atoms with van der Waals surface area (Å²) in [5, 5.41) is 7.95. The molecule has 0 atom stereocenters. The number of nitrogens with one attached hydrogen (secondary N) is 1. The molecule has 0 bridgehead atoms. The Balaban J connectivity index is 1.22. The van der Waals surface area contributed by atoms with Crippen molar-refractivity contribution >= 4 is 11.6 Å². The van der Waals surface area contributed by atoms with Crippen molar-refractivity contribution in [2.45, 2.75) is 25.4 Å². The minimum Gasteiger partial charge on any atom is -0.351 e. The van der Waals surface area contributed by atoms with Gasteiger partial charge < -0.3 is 5.32 Å². The molecule has 146 valence electrons. The summed E-state index contributed by atoms with van der Waals surface area (Å²) in [6.45, 7) is 2.96. The molecule has 1 aliphatic heterocycles. The summed E-state index contributed by atoms with van der Waals surface area (Å²) < 4.78 is 1.89. The van der Waals surface area contributed by atoms with Gasteiger partial charge in [0.1, 0.15) is 0 Å². The van der Waals surface area contributed by atoms with E-state index in [1.807, 2.05) is 41.2 Å². The zero-order valence-electron chi connectivity index (χ0n) is 16.1. The predicted molar refractivity (Wildman–Crippen MR) is 112 cm³/mol. The second-order valence-electron chi connectivity index (χ2n) is 7.42. The lowest BCUT2D eigenvalue weighted by Crippen LogP contribution is -2.39. The Kier molecular flexibility index (Phi) is 4.88. The summed E-state index contributed by atoms with van der Waals surface area (Å²) in [5.74, 6) is 0.716. The van der Waals surface area contributed by atoms with Crippen LogP contribution in [0.15, 0.2) is 67.4 Å². The fraction of sp³-hybridized carbons (Fsp3) is 0.273. The molecule has 0 unspecified atom stereocenters. The Morgan fingerprint density at radius 3 is 2.52 bits per heavy atom. The monoisotopic (exact) mass is 385 g/mol. The second-order valence-corrected chi connectivity index (χ2v) is 7.42. The van der Waals surface area contributed by atoms with E-state index in [0.717, 1.165) is 49.2 Å². The molecule has 1 aliphatic rings. The van der Waals surface area contributed by atoms with Crippen LogP contribution in [0.2, 0.25) is 0 Å². The number of fused-ring (bicyclic) bond motifs is 1. The van der Waals surface area contributed by atoms with Gasteiger partial charge in [0.05, 0.1) is 6.20 Å². The molecule has 29 heavy (non-hydrogen) atoms. The quantitative estimate of drug-likeness (QED) is 0.569. The number of benzene rings is 1. The standard InChI is InChI=1S/C22H23N7/c1-2-5-18(6-3-1)20-14-26-29-16-17(13-25-21(20)29)15-28-11-7-19(8-12-28)27-22-23-9-4-10-24-22/h1-6,9-10,13-14,16,19H,7-8,11-12,15H2,(H,23,24,27). The smallest absolute Gasteiger partial charge is 0.222 e. The van der Waals surface area contributed by atoms with E-state index in [4.69, 9.17) is 4.98 Å². The van der Waals surface area contributed by atoms with Crippen molar-refractivity contribution in [2.24, 2.45) is 0 Å². The predicted octanol–water partition coefficient (Wildman–Crippen LogP) is 3.26. The molecule has 1 fully saturated rings. The summed E-state index contributed by atoms with van der Waals surface area (Å²) in [6.07, 6.45) is 11.7. The largest absolute Gasteiger partial charge is 0.351 e. The first-order valence-electron chi connectivity index (χ1n) is 9.99. The van der Waals surface area contributed by atoms with Crippen LogP contribution in [0, 0.1) is 0 Å². The van der Waals surface area contributed by atoms with E-state index >= 15 is 0 Å². The van der Waals surface area contributed by atoms with Gasteiger partial charge in [0.25, 0.3) is 0 Å². The first kappa shape index (κ1) is 17.8. The van der Waals surface area contributed by atoms with Crippen molar-refractivity contribution in [1.29, 1.82) is 0 Å². The molecule has 5 rings (SSSR count). The number of hydrogen-bond acceptors (Lipinski definition) is 6. The van der Waals surface area contributed by atoms with E-state index in [1.165, 1.54) is 5.56 Å². The number of piperidine rings is 1. The number of rotatable bonds is 5. The number of anilines is 1. The molecule has 7 heteroatoms. The fourth-order valence-electron chi connectivity index (χ4n) is 3.87. The topological polar surface area (TPSA) is 71.2 Å². The van der Waals surface area contributed by atoms with Gasteiger partial charge in [-0.15, -0.1) is 0 Å². The summed E-state index contributed by atoms with van der Waals surface area (Å²) in [4.78, 5) is 15.7. The van der Waals surface area contributed by atoms with Gasteiger partial charge in [0, 0.05) is 61.6 Å². The molecular formula is C22H23N7. The molecule has 7 nitrogen and oxygen atoms in total. The highest BCUT2D eigenvalue weighted by Crippen LogP contribution is 2.23. The third kappa shape index (κ3) is 3.95. The van der Waals surface area contributed by atoms with Crippen LogP contribution in [0.1, 0.15) is 18.4 Å². The summed E-state index contributed by atoms with van der Waals surface area (Å²) in [7, 11) is 0. The molecular weight excluding hydrogens is 362 g/mol. The van der Waals surface area contributed by atoms with E-state index in [2.05, 4.69) is 43.6 Å². The van der Waals surface area contributed by atoms with Gasteiger partial charge in [-0.05, 0) is 24.5 Å².